The first kappa shape index (κ1) is 29.5. The van der Waals surface area contributed by atoms with Gasteiger partial charge < -0.3 is 19.4 Å². The number of ether oxygens (including phenoxy) is 1. The van der Waals surface area contributed by atoms with Crippen molar-refractivity contribution in [2.45, 2.75) is 59.0 Å². The second-order valence-corrected chi connectivity index (χ2v) is 12.3. The molecule has 10 heteroatoms. The quantitative estimate of drug-likeness (QED) is 0.388. The van der Waals surface area contributed by atoms with Crippen LogP contribution in [0.2, 0.25) is 0 Å². The third kappa shape index (κ3) is 6.27. The van der Waals surface area contributed by atoms with Gasteiger partial charge in [0.25, 0.3) is 5.91 Å². The van der Waals surface area contributed by atoms with E-state index in [2.05, 4.69) is 42.0 Å². The van der Waals surface area contributed by atoms with Crippen molar-refractivity contribution in [2.24, 2.45) is 0 Å². The Labute approximate surface area is 245 Å². The highest BCUT2D eigenvalue weighted by molar-refractivity contribution is 5.95. The lowest BCUT2D eigenvalue weighted by Crippen LogP contribution is -2.49. The first-order valence-electron chi connectivity index (χ1n) is 14.5. The minimum atomic E-state index is -0.758. The number of halogens is 2. The SMILES string of the molecule is Cc1ccc(C)c(N2CCN(C(=O)c3cnn(-c4ccc(F)cc4F)c3C3CCN(C(=O)OC(C)(C)C)CC3)CC2)c1. The van der Waals surface area contributed by atoms with E-state index in [-0.39, 0.29) is 23.6 Å². The summed E-state index contributed by atoms with van der Waals surface area (Å²) >= 11 is 0. The van der Waals surface area contributed by atoms with Crippen LogP contribution in [0.25, 0.3) is 5.69 Å². The average molecular weight is 580 g/mol. The van der Waals surface area contributed by atoms with E-state index in [1.54, 1.807) is 4.90 Å². The molecule has 0 radical (unpaired) electrons. The number of hydrogen-bond acceptors (Lipinski definition) is 5. The van der Waals surface area contributed by atoms with Gasteiger partial charge in [0, 0.05) is 56.9 Å². The summed E-state index contributed by atoms with van der Waals surface area (Å²) in [6.45, 7) is 13.0. The maximum atomic E-state index is 15.0. The fourth-order valence-corrected chi connectivity index (χ4v) is 5.80. The Morgan fingerprint density at radius 1 is 0.881 bits per heavy atom. The van der Waals surface area contributed by atoms with Crippen LogP contribution in [-0.4, -0.2) is 76.5 Å². The van der Waals surface area contributed by atoms with E-state index in [1.807, 2.05) is 25.7 Å². The smallest absolute Gasteiger partial charge is 0.410 e. The number of likely N-dealkylation sites (tertiary alicyclic amines) is 1. The Bertz CT molecular complexity index is 1470. The fraction of sp³-hybridized carbons (Fsp3) is 0.469. The van der Waals surface area contributed by atoms with E-state index in [1.165, 1.54) is 39.8 Å². The van der Waals surface area contributed by atoms with Crippen molar-refractivity contribution in [3.8, 4) is 5.69 Å². The van der Waals surface area contributed by atoms with E-state index in [4.69, 9.17) is 4.74 Å². The van der Waals surface area contributed by atoms with Gasteiger partial charge in [0.15, 0.2) is 5.82 Å². The second-order valence-electron chi connectivity index (χ2n) is 12.3. The number of carbonyl (C=O) groups excluding carboxylic acids is 2. The van der Waals surface area contributed by atoms with Crippen molar-refractivity contribution in [3.05, 3.63) is 76.6 Å². The van der Waals surface area contributed by atoms with E-state index < -0.39 is 17.2 Å². The van der Waals surface area contributed by atoms with Gasteiger partial charge in [-0.2, -0.15) is 5.10 Å². The minimum absolute atomic E-state index is 0.0831. The largest absolute Gasteiger partial charge is 0.444 e. The molecule has 42 heavy (non-hydrogen) atoms. The van der Waals surface area contributed by atoms with E-state index in [0.717, 1.165) is 6.07 Å². The minimum Gasteiger partial charge on any atom is -0.444 e. The van der Waals surface area contributed by atoms with Crippen molar-refractivity contribution in [1.82, 2.24) is 19.6 Å². The summed E-state index contributed by atoms with van der Waals surface area (Å²) in [4.78, 5) is 32.4. The molecular formula is C32H39F2N5O3. The molecule has 2 fully saturated rings. The number of anilines is 1. The molecule has 5 rings (SSSR count). The van der Waals surface area contributed by atoms with Crippen LogP contribution >= 0.6 is 0 Å². The summed E-state index contributed by atoms with van der Waals surface area (Å²) in [5, 5.41) is 4.45. The second kappa shape index (κ2) is 11.7. The van der Waals surface area contributed by atoms with Gasteiger partial charge in [0.1, 0.15) is 17.1 Å². The van der Waals surface area contributed by atoms with Crippen LogP contribution in [0.5, 0.6) is 0 Å². The summed E-state index contributed by atoms with van der Waals surface area (Å²) in [7, 11) is 0. The zero-order chi connectivity index (χ0) is 30.2. The van der Waals surface area contributed by atoms with Gasteiger partial charge in [-0.05, 0) is 76.8 Å². The van der Waals surface area contributed by atoms with Crippen LogP contribution in [0, 0.1) is 25.5 Å². The number of hydrogen-bond donors (Lipinski definition) is 0. The van der Waals surface area contributed by atoms with Gasteiger partial charge in [-0.15, -0.1) is 0 Å². The zero-order valence-corrected chi connectivity index (χ0v) is 25.0. The topological polar surface area (TPSA) is 70.9 Å². The standard InChI is InChI=1S/C32H39F2N5O3/c1-21-6-7-22(2)28(18-21)36-14-16-37(17-15-36)30(40)25-20-35-39(27-9-8-24(33)19-26(27)34)29(25)23-10-12-38(13-11-23)31(41)42-32(3,4)5/h6-9,18-20,23H,10-17H2,1-5H3. The molecule has 224 valence electrons. The van der Waals surface area contributed by atoms with Crippen LogP contribution in [0.3, 0.4) is 0 Å². The van der Waals surface area contributed by atoms with Crippen LogP contribution in [0.1, 0.15) is 66.7 Å². The van der Waals surface area contributed by atoms with Gasteiger partial charge in [-0.1, -0.05) is 12.1 Å². The summed E-state index contributed by atoms with van der Waals surface area (Å²) in [5.74, 6) is -1.76. The highest BCUT2D eigenvalue weighted by atomic mass is 19.1. The van der Waals surface area contributed by atoms with Crippen LogP contribution in [-0.2, 0) is 4.74 Å². The summed E-state index contributed by atoms with van der Waals surface area (Å²) in [6.07, 6.45) is 2.22. The Hall–Kier alpha value is -3.95. The number of carbonyl (C=O) groups is 2. The third-order valence-electron chi connectivity index (χ3n) is 7.98. The summed E-state index contributed by atoms with van der Waals surface area (Å²) in [6, 6.07) is 9.73. The van der Waals surface area contributed by atoms with Crippen LogP contribution < -0.4 is 4.90 Å². The van der Waals surface area contributed by atoms with Gasteiger partial charge in [0.05, 0.1) is 17.5 Å². The van der Waals surface area contributed by atoms with E-state index >= 15 is 0 Å². The highest BCUT2D eigenvalue weighted by Gasteiger charge is 2.34. The molecule has 2 amide bonds. The van der Waals surface area contributed by atoms with Gasteiger partial charge in [-0.3, -0.25) is 4.79 Å². The van der Waals surface area contributed by atoms with Crippen molar-refractivity contribution >= 4 is 17.7 Å². The van der Waals surface area contributed by atoms with Crippen LogP contribution in [0.15, 0.2) is 42.6 Å². The zero-order valence-electron chi connectivity index (χ0n) is 25.0. The van der Waals surface area contributed by atoms with E-state index in [0.29, 0.717) is 63.4 Å². The normalized spacial score (nSPS) is 16.6. The molecule has 0 aliphatic carbocycles. The monoisotopic (exact) mass is 579 g/mol. The van der Waals surface area contributed by atoms with Gasteiger partial charge >= 0.3 is 6.09 Å². The lowest BCUT2D eigenvalue weighted by Gasteiger charge is -2.37. The summed E-state index contributed by atoms with van der Waals surface area (Å²) in [5.41, 5.74) is 4.05. The number of aryl methyl sites for hydroxylation is 2. The average Bonchev–Trinajstić information content (AvgIpc) is 3.38. The molecule has 2 aromatic carbocycles. The van der Waals surface area contributed by atoms with Crippen molar-refractivity contribution < 1.29 is 23.1 Å². The Morgan fingerprint density at radius 3 is 2.21 bits per heavy atom. The number of amides is 2. The molecular weight excluding hydrogens is 540 g/mol. The third-order valence-corrected chi connectivity index (χ3v) is 7.98. The maximum absolute atomic E-state index is 15.0. The van der Waals surface area contributed by atoms with Crippen molar-refractivity contribution in [2.75, 3.05) is 44.2 Å². The molecule has 2 saturated heterocycles. The lowest BCUT2D eigenvalue weighted by atomic mass is 9.90. The predicted octanol–water partition coefficient (Wildman–Crippen LogP) is 5.84. The molecule has 3 aromatic rings. The molecule has 1 aromatic heterocycles. The molecule has 0 unspecified atom stereocenters. The number of piperidine rings is 1. The van der Waals surface area contributed by atoms with Crippen molar-refractivity contribution in [1.29, 1.82) is 0 Å². The highest BCUT2D eigenvalue weighted by Crippen LogP contribution is 2.34. The molecule has 0 N–H and O–H groups in total. The Balaban J connectivity index is 1.39. The molecule has 0 saturated carbocycles. The summed E-state index contributed by atoms with van der Waals surface area (Å²) < 4.78 is 35.7. The molecule has 0 spiro atoms. The fourth-order valence-electron chi connectivity index (χ4n) is 5.80. The molecule has 8 nitrogen and oxygen atoms in total. The Morgan fingerprint density at radius 2 is 1.57 bits per heavy atom. The Kier molecular flexibility index (Phi) is 8.25. The molecule has 0 atom stereocenters. The number of nitrogens with zero attached hydrogens (tertiary/aromatic N) is 5. The lowest BCUT2D eigenvalue weighted by molar-refractivity contribution is 0.0203. The predicted molar refractivity (Wildman–Crippen MR) is 157 cm³/mol. The number of rotatable bonds is 4. The molecule has 2 aliphatic rings. The first-order valence-corrected chi connectivity index (χ1v) is 14.5. The first-order chi connectivity index (χ1) is 19.9. The number of aromatic nitrogens is 2. The maximum Gasteiger partial charge on any atom is 0.410 e. The van der Waals surface area contributed by atoms with E-state index in [9.17, 15) is 18.4 Å². The van der Waals surface area contributed by atoms with Crippen molar-refractivity contribution in [3.63, 3.8) is 0 Å². The molecule has 3 heterocycles. The van der Waals surface area contributed by atoms with Gasteiger partial charge in [-0.25, -0.2) is 18.3 Å². The number of benzene rings is 2. The molecule has 0 bridgehead atoms. The van der Waals surface area contributed by atoms with Crippen LogP contribution in [0.4, 0.5) is 19.3 Å². The van der Waals surface area contributed by atoms with Gasteiger partial charge in [0.2, 0.25) is 0 Å². The molecule has 2 aliphatic heterocycles. The number of piperazine rings is 1.